The van der Waals surface area contributed by atoms with Gasteiger partial charge in [0, 0.05) is 11.6 Å². The first-order valence-electron chi connectivity index (χ1n) is 9.51. The van der Waals surface area contributed by atoms with E-state index in [-0.39, 0.29) is 23.9 Å². The molecule has 0 saturated carbocycles. The predicted octanol–water partition coefficient (Wildman–Crippen LogP) is 4.77. The van der Waals surface area contributed by atoms with Crippen LogP contribution in [-0.2, 0) is 11.2 Å². The van der Waals surface area contributed by atoms with E-state index in [1.54, 1.807) is 32.2 Å². The van der Waals surface area contributed by atoms with E-state index < -0.39 is 0 Å². The molecule has 5 heteroatoms. The molecule has 0 aromatic heterocycles. The van der Waals surface area contributed by atoms with E-state index >= 15 is 0 Å². The molecule has 1 heterocycles. The minimum absolute atomic E-state index is 0.162. The lowest BCUT2D eigenvalue weighted by atomic mass is 10.0. The Morgan fingerprint density at radius 1 is 1.03 bits per heavy atom. The van der Waals surface area contributed by atoms with Crippen LogP contribution in [0.4, 0.5) is 0 Å². The van der Waals surface area contributed by atoms with Gasteiger partial charge in [-0.25, -0.2) is 0 Å². The molecule has 5 nitrogen and oxygen atoms in total. The molecule has 0 bridgehead atoms. The minimum Gasteiger partial charge on any atom is -0.496 e. The number of esters is 1. The molecule has 0 unspecified atom stereocenters. The van der Waals surface area contributed by atoms with E-state index in [2.05, 4.69) is 0 Å². The third kappa shape index (κ3) is 3.96. The first-order valence-corrected chi connectivity index (χ1v) is 9.51. The summed E-state index contributed by atoms with van der Waals surface area (Å²) in [5.74, 6) is 0.974. The second-order valence-electron chi connectivity index (χ2n) is 6.93. The quantitative estimate of drug-likeness (QED) is 0.351. The van der Waals surface area contributed by atoms with Gasteiger partial charge in [-0.15, -0.1) is 0 Å². The first kappa shape index (κ1) is 19.5. The molecule has 150 valence electrons. The molecule has 0 atom stereocenters. The Morgan fingerprint density at radius 3 is 2.53 bits per heavy atom. The average Bonchev–Trinajstić information content (AvgIpc) is 3.04. The van der Waals surface area contributed by atoms with Gasteiger partial charge < -0.3 is 14.2 Å². The molecule has 1 aliphatic rings. The number of hydrogen-bond acceptors (Lipinski definition) is 5. The summed E-state index contributed by atoms with van der Waals surface area (Å²) in [6.07, 6.45) is 1.82. The van der Waals surface area contributed by atoms with Crippen LogP contribution in [0.2, 0.25) is 0 Å². The topological polar surface area (TPSA) is 61.8 Å². The lowest BCUT2D eigenvalue weighted by molar-refractivity contribution is -0.133. The summed E-state index contributed by atoms with van der Waals surface area (Å²) in [6, 6.07) is 20.0. The number of rotatable bonds is 5. The predicted molar refractivity (Wildman–Crippen MR) is 113 cm³/mol. The van der Waals surface area contributed by atoms with Gasteiger partial charge in [-0.1, -0.05) is 48.5 Å². The van der Waals surface area contributed by atoms with Gasteiger partial charge in [-0.3, -0.25) is 9.59 Å². The van der Waals surface area contributed by atoms with Crippen molar-refractivity contribution in [1.82, 2.24) is 0 Å². The summed E-state index contributed by atoms with van der Waals surface area (Å²) in [4.78, 5) is 25.1. The van der Waals surface area contributed by atoms with Crippen LogP contribution in [0.5, 0.6) is 17.2 Å². The van der Waals surface area contributed by atoms with Crippen molar-refractivity contribution in [3.63, 3.8) is 0 Å². The fourth-order valence-electron chi connectivity index (χ4n) is 3.39. The summed E-state index contributed by atoms with van der Waals surface area (Å²) in [5, 5.41) is 0. The number of hydrogen-bond donors (Lipinski definition) is 0. The van der Waals surface area contributed by atoms with Gasteiger partial charge in [0.25, 0.3) is 0 Å². The van der Waals surface area contributed by atoms with Crippen LogP contribution < -0.4 is 14.2 Å². The van der Waals surface area contributed by atoms with Gasteiger partial charge in [0.15, 0.2) is 5.76 Å². The maximum absolute atomic E-state index is 12.9. The Kier molecular flexibility index (Phi) is 5.35. The summed E-state index contributed by atoms with van der Waals surface area (Å²) < 4.78 is 16.6. The number of allylic oxidation sites excluding steroid dienone is 1. The molecule has 0 fully saturated rings. The maximum Gasteiger partial charge on any atom is 0.315 e. The van der Waals surface area contributed by atoms with Crippen molar-refractivity contribution in [2.24, 2.45) is 0 Å². The van der Waals surface area contributed by atoms with Crippen LogP contribution in [-0.4, -0.2) is 18.9 Å². The van der Waals surface area contributed by atoms with Crippen molar-refractivity contribution in [3.05, 3.63) is 94.7 Å². The number of ether oxygens (including phenoxy) is 3. The van der Waals surface area contributed by atoms with Gasteiger partial charge in [-0.05, 0) is 36.3 Å². The van der Waals surface area contributed by atoms with E-state index in [1.165, 1.54) is 0 Å². The highest BCUT2D eigenvalue weighted by atomic mass is 16.5. The van der Waals surface area contributed by atoms with Gasteiger partial charge in [0.1, 0.15) is 17.2 Å². The Bertz CT molecular complexity index is 1150. The Labute approximate surface area is 174 Å². The summed E-state index contributed by atoms with van der Waals surface area (Å²) in [7, 11) is 1.57. The second kappa shape index (κ2) is 8.25. The molecule has 3 aromatic rings. The first-order chi connectivity index (χ1) is 14.5. The SMILES string of the molecule is COc1ccccc1/C=C1\Oc2cc(OC(=O)Cc3ccccc3)cc(C)c2C1=O. The number of ketones is 1. The van der Waals surface area contributed by atoms with Gasteiger partial charge >= 0.3 is 5.97 Å². The highest BCUT2D eigenvalue weighted by Crippen LogP contribution is 2.38. The van der Waals surface area contributed by atoms with Crippen LogP contribution in [0, 0.1) is 6.92 Å². The third-order valence-electron chi connectivity index (χ3n) is 4.79. The fourth-order valence-corrected chi connectivity index (χ4v) is 3.39. The standard InChI is InChI=1S/C25H20O5/c1-16-12-19(29-23(26)13-17-8-4-3-5-9-17)15-21-24(16)25(27)22(30-21)14-18-10-6-7-11-20(18)28-2/h3-12,14-15H,13H2,1-2H3/b22-14-. The fraction of sp³-hybridized carbons (Fsp3) is 0.120. The van der Waals surface area contributed by atoms with Crippen molar-refractivity contribution < 1.29 is 23.8 Å². The zero-order chi connectivity index (χ0) is 21.1. The number of benzene rings is 3. The van der Waals surface area contributed by atoms with Crippen molar-refractivity contribution in [2.75, 3.05) is 7.11 Å². The molecule has 0 radical (unpaired) electrons. The molecule has 0 N–H and O–H groups in total. The Balaban J connectivity index is 1.57. The van der Waals surface area contributed by atoms with E-state index in [4.69, 9.17) is 14.2 Å². The van der Waals surface area contributed by atoms with E-state index in [1.807, 2.05) is 54.6 Å². The summed E-state index contributed by atoms with van der Waals surface area (Å²) in [5.41, 5.74) is 2.76. The number of carbonyl (C=O) groups is 2. The monoisotopic (exact) mass is 400 g/mol. The number of fused-ring (bicyclic) bond motifs is 1. The van der Waals surface area contributed by atoms with E-state index in [0.29, 0.717) is 28.4 Å². The molecule has 1 aliphatic heterocycles. The largest absolute Gasteiger partial charge is 0.496 e. The number of methoxy groups -OCH3 is 1. The number of carbonyl (C=O) groups excluding carboxylic acids is 2. The third-order valence-corrected chi connectivity index (χ3v) is 4.79. The maximum atomic E-state index is 12.9. The highest BCUT2D eigenvalue weighted by Gasteiger charge is 2.30. The number of aryl methyl sites for hydroxylation is 1. The molecular formula is C25H20O5. The van der Waals surface area contributed by atoms with Crippen LogP contribution in [0.1, 0.15) is 27.0 Å². The lowest BCUT2D eigenvalue weighted by Gasteiger charge is -2.08. The lowest BCUT2D eigenvalue weighted by Crippen LogP contribution is -2.11. The average molecular weight is 400 g/mol. The van der Waals surface area contributed by atoms with Gasteiger partial charge in [-0.2, -0.15) is 0 Å². The molecule has 0 amide bonds. The Morgan fingerprint density at radius 2 is 1.77 bits per heavy atom. The van der Waals surface area contributed by atoms with Crippen molar-refractivity contribution in [3.8, 4) is 17.2 Å². The molecule has 4 rings (SSSR count). The normalized spacial score (nSPS) is 13.7. The molecule has 0 aliphatic carbocycles. The van der Waals surface area contributed by atoms with Crippen LogP contribution >= 0.6 is 0 Å². The minimum atomic E-state index is -0.380. The Hall–Kier alpha value is -3.86. The summed E-state index contributed by atoms with van der Waals surface area (Å²) >= 11 is 0. The summed E-state index contributed by atoms with van der Waals surface area (Å²) in [6.45, 7) is 1.79. The number of para-hydroxylation sites is 1. The molecule has 3 aromatic carbocycles. The van der Waals surface area contributed by atoms with Crippen molar-refractivity contribution >= 4 is 17.8 Å². The van der Waals surface area contributed by atoms with E-state index in [9.17, 15) is 9.59 Å². The second-order valence-corrected chi connectivity index (χ2v) is 6.93. The van der Waals surface area contributed by atoms with Gasteiger partial charge in [0.2, 0.25) is 5.78 Å². The van der Waals surface area contributed by atoms with Crippen LogP contribution in [0.25, 0.3) is 6.08 Å². The molecule has 30 heavy (non-hydrogen) atoms. The smallest absolute Gasteiger partial charge is 0.315 e. The van der Waals surface area contributed by atoms with Crippen molar-refractivity contribution in [1.29, 1.82) is 0 Å². The number of Topliss-reactive ketones (excluding diaryl/α,β-unsaturated/α-hetero) is 1. The van der Waals surface area contributed by atoms with E-state index in [0.717, 1.165) is 11.1 Å². The zero-order valence-electron chi connectivity index (χ0n) is 16.7. The molecule has 0 saturated heterocycles. The molecule has 0 spiro atoms. The van der Waals surface area contributed by atoms with Crippen molar-refractivity contribution in [2.45, 2.75) is 13.3 Å². The van der Waals surface area contributed by atoms with Crippen LogP contribution in [0.3, 0.4) is 0 Å². The zero-order valence-corrected chi connectivity index (χ0v) is 16.7. The molecular weight excluding hydrogens is 380 g/mol. The van der Waals surface area contributed by atoms with Gasteiger partial charge in [0.05, 0.1) is 19.1 Å². The highest BCUT2D eigenvalue weighted by molar-refractivity contribution is 6.15. The van der Waals surface area contributed by atoms with Crippen LogP contribution in [0.15, 0.2) is 72.5 Å².